The van der Waals surface area contributed by atoms with Gasteiger partial charge in [0, 0.05) is 23.1 Å². The number of halogens is 4. The first kappa shape index (κ1) is 11.5. The van der Waals surface area contributed by atoms with Gasteiger partial charge in [0.25, 0.3) is 5.92 Å². The maximum absolute atomic E-state index is 13.2. The molecule has 0 amide bonds. The van der Waals surface area contributed by atoms with Crippen LogP contribution in [0, 0.1) is 5.82 Å². The van der Waals surface area contributed by atoms with Gasteiger partial charge in [-0.2, -0.15) is 0 Å². The van der Waals surface area contributed by atoms with Gasteiger partial charge in [-0.3, -0.25) is 0 Å². The molecule has 14 heavy (non-hydrogen) atoms. The molecule has 0 aromatic heterocycles. The standard InChI is InChI=1S/C9H8BrF3O/c10-8-2-1-6(11)5-7(8)9(12,13)3-4-14/h1-2,5,14H,3-4H2. The van der Waals surface area contributed by atoms with E-state index in [1.165, 1.54) is 6.07 Å². The predicted octanol–water partition coefficient (Wildman–Crippen LogP) is 3.06. The number of benzene rings is 1. The Bertz CT molecular complexity index is 328. The minimum absolute atomic E-state index is 0.136. The quantitative estimate of drug-likeness (QED) is 0.894. The highest BCUT2D eigenvalue weighted by molar-refractivity contribution is 9.10. The highest BCUT2D eigenvalue weighted by Gasteiger charge is 2.33. The van der Waals surface area contributed by atoms with Crippen LogP contribution in [0.25, 0.3) is 0 Å². The van der Waals surface area contributed by atoms with Crippen LogP contribution in [0.3, 0.4) is 0 Å². The minimum atomic E-state index is -3.21. The Morgan fingerprint density at radius 3 is 2.57 bits per heavy atom. The van der Waals surface area contributed by atoms with Crippen molar-refractivity contribution in [1.29, 1.82) is 0 Å². The summed E-state index contributed by atoms with van der Waals surface area (Å²) in [6.07, 6.45) is -0.713. The monoisotopic (exact) mass is 268 g/mol. The molecule has 0 radical (unpaired) electrons. The number of hydrogen-bond acceptors (Lipinski definition) is 1. The lowest BCUT2D eigenvalue weighted by Gasteiger charge is -2.16. The van der Waals surface area contributed by atoms with Crippen LogP contribution in [0.5, 0.6) is 0 Å². The van der Waals surface area contributed by atoms with Crippen LogP contribution in [-0.2, 0) is 5.92 Å². The summed E-state index contributed by atoms with van der Waals surface area (Å²) in [7, 11) is 0. The first-order valence-corrected chi connectivity index (χ1v) is 4.71. The molecule has 0 spiro atoms. The summed E-state index contributed by atoms with van der Waals surface area (Å²) in [5.74, 6) is -3.93. The lowest BCUT2D eigenvalue weighted by atomic mass is 10.1. The van der Waals surface area contributed by atoms with Crippen molar-refractivity contribution >= 4 is 15.9 Å². The largest absolute Gasteiger partial charge is 0.396 e. The summed E-state index contributed by atoms with van der Waals surface area (Å²) < 4.78 is 39.3. The van der Waals surface area contributed by atoms with Gasteiger partial charge in [-0.25, -0.2) is 13.2 Å². The Balaban J connectivity index is 3.10. The summed E-state index contributed by atoms with van der Waals surface area (Å²) in [6.45, 7) is -0.643. The van der Waals surface area contributed by atoms with Crippen molar-refractivity contribution < 1.29 is 18.3 Å². The molecule has 0 atom stereocenters. The van der Waals surface area contributed by atoms with Gasteiger partial charge < -0.3 is 5.11 Å². The Kier molecular flexibility index (Phi) is 3.55. The number of rotatable bonds is 3. The van der Waals surface area contributed by atoms with Gasteiger partial charge in [-0.15, -0.1) is 0 Å². The number of hydrogen-bond donors (Lipinski definition) is 1. The summed E-state index contributed by atoms with van der Waals surface area (Å²) >= 11 is 2.91. The third kappa shape index (κ3) is 2.48. The summed E-state index contributed by atoms with van der Waals surface area (Å²) in [5.41, 5.74) is -0.438. The lowest BCUT2D eigenvalue weighted by molar-refractivity contribution is -0.0278. The Morgan fingerprint density at radius 2 is 2.00 bits per heavy atom. The van der Waals surface area contributed by atoms with E-state index < -0.39 is 30.3 Å². The van der Waals surface area contributed by atoms with Gasteiger partial charge >= 0.3 is 0 Å². The second-order valence-corrected chi connectivity index (χ2v) is 3.66. The van der Waals surface area contributed by atoms with Crippen LogP contribution in [0.4, 0.5) is 13.2 Å². The Hall–Kier alpha value is -0.550. The minimum Gasteiger partial charge on any atom is -0.396 e. The zero-order chi connectivity index (χ0) is 10.8. The van der Waals surface area contributed by atoms with E-state index >= 15 is 0 Å². The van der Waals surface area contributed by atoms with Gasteiger partial charge in [0.05, 0.1) is 0 Å². The smallest absolute Gasteiger partial charge is 0.276 e. The van der Waals surface area contributed by atoms with Crippen molar-refractivity contribution in [3.05, 3.63) is 34.1 Å². The molecule has 1 aromatic rings. The van der Waals surface area contributed by atoms with E-state index in [1.807, 2.05) is 0 Å². The number of alkyl halides is 2. The van der Waals surface area contributed by atoms with Crippen LogP contribution in [0.2, 0.25) is 0 Å². The summed E-state index contributed by atoms with van der Waals surface area (Å²) in [6, 6.07) is 3.07. The average Bonchev–Trinajstić information content (AvgIpc) is 2.09. The summed E-state index contributed by atoms with van der Waals surface area (Å²) in [5, 5.41) is 8.43. The second-order valence-electron chi connectivity index (χ2n) is 2.80. The predicted molar refractivity (Wildman–Crippen MR) is 49.7 cm³/mol. The van der Waals surface area contributed by atoms with Gasteiger partial charge in [-0.1, -0.05) is 15.9 Å². The maximum Gasteiger partial charge on any atom is 0.276 e. The van der Waals surface area contributed by atoms with Crippen molar-refractivity contribution in [3.8, 4) is 0 Å². The molecule has 0 saturated carbocycles. The fourth-order valence-corrected chi connectivity index (χ4v) is 1.59. The first-order chi connectivity index (χ1) is 6.47. The van der Waals surface area contributed by atoms with Crippen molar-refractivity contribution in [2.24, 2.45) is 0 Å². The molecule has 5 heteroatoms. The number of aliphatic hydroxyl groups excluding tert-OH is 1. The molecule has 0 aliphatic carbocycles. The molecule has 1 rings (SSSR count). The van der Waals surface area contributed by atoms with Crippen LogP contribution in [0.15, 0.2) is 22.7 Å². The van der Waals surface area contributed by atoms with E-state index in [-0.39, 0.29) is 4.47 Å². The first-order valence-electron chi connectivity index (χ1n) is 3.91. The lowest BCUT2D eigenvalue weighted by Crippen LogP contribution is -2.16. The SMILES string of the molecule is OCCC(F)(F)c1cc(F)ccc1Br. The molecule has 0 bridgehead atoms. The van der Waals surface area contributed by atoms with E-state index in [9.17, 15) is 13.2 Å². The van der Waals surface area contributed by atoms with Crippen LogP contribution < -0.4 is 0 Å². The third-order valence-corrected chi connectivity index (χ3v) is 2.44. The molecule has 0 aliphatic heterocycles. The molecule has 0 unspecified atom stereocenters. The van der Waals surface area contributed by atoms with Gasteiger partial charge in [0.2, 0.25) is 0 Å². The van der Waals surface area contributed by atoms with E-state index in [1.54, 1.807) is 0 Å². The maximum atomic E-state index is 13.2. The molecule has 1 N–H and O–H groups in total. The topological polar surface area (TPSA) is 20.2 Å². The molecule has 0 heterocycles. The Morgan fingerprint density at radius 1 is 1.36 bits per heavy atom. The molecule has 78 valence electrons. The highest BCUT2D eigenvalue weighted by atomic mass is 79.9. The molecule has 0 aliphatic rings. The molecule has 0 fully saturated rings. The van der Waals surface area contributed by atoms with Crippen molar-refractivity contribution in [1.82, 2.24) is 0 Å². The average molecular weight is 269 g/mol. The van der Waals surface area contributed by atoms with E-state index in [0.717, 1.165) is 12.1 Å². The van der Waals surface area contributed by atoms with Crippen molar-refractivity contribution in [2.45, 2.75) is 12.3 Å². The third-order valence-electron chi connectivity index (χ3n) is 1.75. The van der Waals surface area contributed by atoms with Crippen LogP contribution in [0.1, 0.15) is 12.0 Å². The summed E-state index contributed by atoms with van der Waals surface area (Å²) in [4.78, 5) is 0. The van der Waals surface area contributed by atoms with E-state index in [2.05, 4.69) is 15.9 Å². The molecule has 1 aromatic carbocycles. The van der Waals surface area contributed by atoms with Crippen molar-refractivity contribution in [3.63, 3.8) is 0 Å². The van der Waals surface area contributed by atoms with Gasteiger partial charge in [0.1, 0.15) is 5.82 Å². The van der Waals surface area contributed by atoms with Gasteiger partial charge in [0.15, 0.2) is 0 Å². The molecule has 0 saturated heterocycles. The Labute approximate surface area is 87.7 Å². The second kappa shape index (κ2) is 4.31. The number of aliphatic hydroxyl groups is 1. The molecular weight excluding hydrogens is 261 g/mol. The highest BCUT2D eigenvalue weighted by Crippen LogP contribution is 2.36. The normalized spacial score (nSPS) is 11.8. The van der Waals surface area contributed by atoms with Crippen LogP contribution >= 0.6 is 15.9 Å². The van der Waals surface area contributed by atoms with Crippen molar-refractivity contribution in [2.75, 3.05) is 6.61 Å². The zero-order valence-corrected chi connectivity index (χ0v) is 8.69. The fourth-order valence-electron chi connectivity index (χ4n) is 1.05. The van der Waals surface area contributed by atoms with Crippen LogP contribution in [-0.4, -0.2) is 11.7 Å². The zero-order valence-electron chi connectivity index (χ0n) is 7.11. The van der Waals surface area contributed by atoms with E-state index in [4.69, 9.17) is 5.11 Å². The fraction of sp³-hybridized carbons (Fsp3) is 0.333. The van der Waals surface area contributed by atoms with E-state index in [0.29, 0.717) is 0 Å². The van der Waals surface area contributed by atoms with Gasteiger partial charge in [-0.05, 0) is 18.2 Å². The molecule has 1 nitrogen and oxygen atoms in total. The molecular formula is C9H8BrF3O.